The van der Waals surface area contributed by atoms with Crippen LogP contribution in [0.4, 0.5) is 17.1 Å². The molecule has 7 aromatic rings. The molecule has 0 saturated heterocycles. The van der Waals surface area contributed by atoms with Crippen LogP contribution in [0.15, 0.2) is 149 Å². The Bertz CT molecular complexity index is 2030. The summed E-state index contributed by atoms with van der Waals surface area (Å²) in [5.74, 6) is 0. The number of aromatic nitrogens is 2. The van der Waals surface area contributed by atoms with Crippen LogP contribution in [0.5, 0.6) is 0 Å². The van der Waals surface area contributed by atoms with Crippen LogP contribution in [-0.2, 0) is 0 Å². The van der Waals surface area contributed by atoms with Crippen molar-refractivity contribution in [3.05, 3.63) is 139 Å². The Morgan fingerprint density at radius 3 is 2.39 bits per heavy atom. The van der Waals surface area contributed by atoms with Gasteiger partial charge in [-0.1, -0.05) is 72.4 Å². The van der Waals surface area contributed by atoms with Gasteiger partial charge in [0.25, 0.3) is 0 Å². The van der Waals surface area contributed by atoms with Crippen LogP contribution in [0.2, 0.25) is 0 Å². The van der Waals surface area contributed by atoms with Crippen molar-refractivity contribution in [2.45, 2.75) is 9.79 Å². The minimum absolute atomic E-state index is 0.977. The maximum atomic E-state index is 4.82. The first-order valence-electron chi connectivity index (χ1n) is 13.5. The van der Waals surface area contributed by atoms with Crippen molar-refractivity contribution in [1.29, 1.82) is 0 Å². The fraction of sp³-hybridized carbons (Fsp3) is 0. The molecule has 0 bridgehead atoms. The van der Waals surface area contributed by atoms with Gasteiger partial charge in [0.1, 0.15) is 0 Å². The van der Waals surface area contributed by atoms with E-state index in [1.165, 1.54) is 31.3 Å². The second kappa shape index (κ2) is 10.0. The maximum Gasteiger partial charge on any atom is 0.0781 e. The van der Waals surface area contributed by atoms with Crippen molar-refractivity contribution in [2.24, 2.45) is 0 Å². The Morgan fingerprint density at radius 1 is 0.561 bits per heavy atom. The van der Waals surface area contributed by atoms with E-state index >= 15 is 0 Å². The number of rotatable bonds is 4. The first kappa shape index (κ1) is 24.1. The monoisotopic (exact) mass is 561 g/mol. The fourth-order valence-corrected chi connectivity index (χ4v) is 7.32. The minimum atomic E-state index is 0.977. The van der Waals surface area contributed by atoms with E-state index in [1.54, 1.807) is 11.3 Å². The summed E-state index contributed by atoms with van der Waals surface area (Å²) in [7, 11) is 0. The topological polar surface area (TPSA) is 29.0 Å². The van der Waals surface area contributed by atoms with Gasteiger partial charge in [-0.3, -0.25) is 9.97 Å². The van der Waals surface area contributed by atoms with Crippen molar-refractivity contribution in [3.8, 4) is 33.0 Å². The quantitative estimate of drug-likeness (QED) is 0.214. The van der Waals surface area contributed by atoms with Crippen LogP contribution in [0.25, 0.3) is 43.7 Å². The second-order valence-electron chi connectivity index (χ2n) is 9.93. The van der Waals surface area contributed by atoms with Gasteiger partial charge in [0.05, 0.1) is 22.8 Å². The zero-order valence-corrected chi connectivity index (χ0v) is 23.6. The Balaban J connectivity index is 1.31. The van der Waals surface area contributed by atoms with Gasteiger partial charge in [0.2, 0.25) is 0 Å². The van der Waals surface area contributed by atoms with E-state index in [0.29, 0.717) is 0 Å². The largest absolute Gasteiger partial charge is 0.308 e. The highest BCUT2D eigenvalue weighted by Crippen LogP contribution is 2.53. The van der Waals surface area contributed by atoms with Crippen molar-refractivity contribution >= 4 is 50.9 Å². The molecular formula is C36H23N3S2. The number of benzene rings is 4. The SMILES string of the molecule is c1ccc(-c2ccc3c(c2)Sc2ccc(-c4cccs4)cc2N3c2cccc(-c3nccc4ccccc34)c2)nc1. The van der Waals surface area contributed by atoms with E-state index in [-0.39, 0.29) is 0 Å². The third-order valence-corrected chi connectivity index (χ3v) is 9.47. The number of nitrogens with zero attached hydrogens (tertiary/aromatic N) is 3. The van der Waals surface area contributed by atoms with Gasteiger partial charge < -0.3 is 4.90 Å². The Kier molecular flexibility index (Phi) is 5.91. The molecule has 5 heteroatoms. The molecular weight excluding hydrogens is 539 g/mol. The first-order valence-corrected chi connectivity index (χ1v) is 15.2. The molecule has 0 radical (unpaired) electrons. The maximum absolute atomic E-state index is 4.82. The molecule has 4 heterocycles. The zero-order chi connectivity index (χ0) is 27.2. The molecule has 0 fully saturated rings. The molecule has 8 rings (SSSR count). The third kappa shape index (κ3) is 4.31. The molecule has 0 aliphatic carbocycles. The molecule has 0 spiro atoms. The highest BCUT2D eigenvalue weighted by molar-refractivity contribution is 7.99. The van der Waals surface area contributed by atoms with Gasteiger partial charge in [0, 0.05) is 49.3 Å². The lowest BCUT2D eigenvalue weighted by Crippen LogP contribution is -2.15. The summed E-state index contributed by atoms with van der Waals surface area (Å²) < 4.78 is 0. The molecule has 0 amide bonds. The number of fused-ring (bicyclic) bond motifs is 3. The van der Waals surface area contributed by atoms with Crippen LogP contribution in [0, 0.1) is 0 Å². The molecule has 194 valence electrons. The molecule has 1 aliphatic heterocycles. The van der Waals surface area contributed by atoms with Crippen molar-refractivity contribution in [3.63, 3.8) is 0 Å². The standard InChI is InChI=1S/C36H23N3S2/c1-2-10-29-24(7-1)17-19-38-36(29)27-8-5-9-28(21-27)39-31-15-13-25(30-11-3-4-18-37-30)23-35(31)41-34-16-14-26(22-32(34)39)33-12-6-20-40-33/h1-23H. The number of thiophene rings is 1. The number of pyridine rings is 2. The van der Waals surface area contributed by atoms with Crippen molar-refractivity contribution in [1.82, 2.24) is 9.97 Å². The molecule has 0 saturated carbocycles. The van der Waals surface area contributed by atoms with Gasteiger partial charge in [-0.15, -0.1) is 11.3 Å². The average molecular weight is 562 g/mol. The predicted molar refractivity (Wildman–Crippen MR) is 173 cm³/mol. The van der Waals surface area contributed by atoms with Crippen molar-refractivity contribution < 1.29 is 0 Å². The normalized spacial score (nSPS) is 12.2. The van der Waals surface area contributed by atoms with E-state index < -0.39 is 0 Å². The molecule has 1 aliphatic rings. The molecule has 41 heavy (non-hydrogen) atoms. The molecule has 0 N–H and O–H groups in total. The highest BCUT2D eigenvalue weighted by Gasteiger charge is 2.26. The fourth-order valence-electron chi connectivity index (χ4n) is 5.52. The number of anilines is 3. The Hall–Kier alpha value is -4.71. The van der Waals surface area contributed by atoms with Crippen LogP contribution < -0.4 is 4.90 Å². The number of hydrogen-bond donors (Lipinski definition) is 0. The zero-order valence-electron chi connectivity index (χ0n) is 21.9. The summed E-state index contributed by atoms with van der Waals surface area (Å²) in [6.45, 7) is 0. The summed E-state index contributed by atoms with van der Waals surface area (Å²) in [4.78, 5) is 15.5. The molecule has 0 atom stereocenters. The van der Waals surface area contributed by atoms with Gasteiger partial charge in [0.15, 0.2) is 0 Å². The first-order chi connectivity index (χ1) is 20.3. The second-order valence-corrected chi connectivity index (χ2v) is 12.0. The lowest BCUT2D eigenvalue weighted by molar-refractivity contribution is 1.16. The summed E-state index contributed by atoms with van der Waals surface area (Å²) in [6, 6.07) is 43.1. The van der Waals surface area contributed by atoms with E-state index in [4.69, 9.17) is 4.98 Å². The smallest absolute Gasteiger partial charge is 0.0781 e. The summed E-state index contributed by atoms with van der Waals surface area (Å²) in [6.07, 6.45) is 3.75. The van der Waals surface area contributed by atoms with Gasteiger partial charge in [-0.2, -0.15) is 0 Å². The molecule has 3 nitrogen and oxygen atoms in total. The molecule has 4 aromatic carbocycles. The van der Waals surface area contributed by atoms with E-state index in [1.807, 2.05) is 36.3 Å². The lowest BCUT2D eigenvalue weighted by Gasteiger charge is -2.33. The number of hydrogen-bond acceptors (Lipinski definition) is 5. The van der Waals surface area contributed by atoms with Gasteiger partial charge in [-0.25, -0.2) is 0 Å². The minimum Gasteiger partial charge on any atom is -0.308 e. The summed E-state index contributed by atoms with van der Waals surface area (Å²) in [5, 5.41) is 4.48. The molecule has 0 unspecified atom stereocenters. The Labute approximate surface area is 246 Å². The van der Waals surface area contributed by atoms with Crippen molar-refractivity contribution in [2.75, 3.05) is 4.90 Å². The van der Waals surface area contributed by atoms with E-state index in [2.05, 4.69) is 124 Å². The average Bonchev–Trinajstić information content (AvgIpc) is 3.59. The van der Waals surface area contributed by atoms with E-state index in [9.17, 15) is 0 Å². The highest BCUT2D eigenvalue weighted by atomic mass is 32.2. The van der Waals surface area contributed by atoms with Crippen LogP contribution in [-0.4, -0.2) is 9.97 Å². The third-order valence-electron chi connectivity index (χ3n) is 7.44. The van der Waals surface area contributed by atoms with Crippen LogP contribution >= 0.6 is 23.1 Å². The summed E-state index contributed by atoms with van der Waals surface area (Å²) in [5.41, 5.74) is 8.86. The van der Waals surface area contributed by atoms with Crippen LogP contribution in [0.3, 0.4) is 0 Å². The molecule has 3 aromatic heterocycles. The Morgan fingerprint density at radius 2 is 1.49 bits per heavy atom. The van der Waals surface area contributed by atoms with Gasteiger partial charge in [-0.05, 0) is 77.0 Å². The van der Waals surface area contributed by atoms with Gasteiger partial charge >= 0.3 is 0 Å². The predicted octanol–water partition coefficient (Wildman–Crippen LogP) is 10.6. The summed E-state index contributed by atoms with van der Waals surface area (Å²) >= 11 is 3.59. The van der Waals surface area contributed by atoms with Crippen LogP contribution in [0.1, 0.15) is 0 Å². The van der Waals surface area contributed by atoms with E-state index in [0.717, 1.165) is 39.3 Å². The lowest BCUT2D eigenvalue weighted by atomic mass is 10.0.